The largest absolute Gasteiger partial charge is 0.299 e. The molecule has 0 bridgehead atoms. The Kier molecular flexibility index (Phi) is 5.10. The number of nitrogens with zero attached hydrogens (tertiary/aromatic N) is 1. The van der Waals surface area contributed by atoms with Gasteiger partial charge in [-0.3, -0.25) is 4.79 Å². The van der Waals surface area contributed by atoms with Gasteiger partial charge in [0.1, 0.15) is 5.78 Å². The Morgan fingerprint density at radius 1 is 0.909 bits per heavy atom. The van der Waals surface area contributed by atoms with Crippen LogP contribution in [0.15, 0.2) is 17.1 Å². The lowest BCUT2D eigenvalue weighted by Crippen LogP contribution is -2.66. The molecule has 182 valence electrons. The van der Waals surface area contributed by atoms with Crippen LogP contribution in [-0.2, 0) is 9.59 Å². The number of ketones is 1. The minimum absolute atomic E-state index is 0.191. The van der Waals surface area contributed by atoms with Crippen molar-refractivity contribution >= 4 is 11.9 Å². The fourth-order valence-electron chi connectivity index (χ4n) is 11.2. The van der Waals surface area contributed by atoms with Crippen LogP contribution in [0.4, 0.5) is 0 Å². The molecule has 0 radical (unpaired) electrons. The molecule has 5 saturated carbocycles. The Labute approximate surface area is 201 Å². The van der Waals surface area contributed by atoms with E-state index in [0.717, 1.165) is 24.8 Å². The zero-order chi connectivity index (χ0) is 24.0. The van der Waals surface area contributed by atoms with Crippen molar-refractivity contribution in [1.82, 2.24) is 0 Å². The fraction of sp³-hybridized carbons (Fsp3) is 0.867. The van der Waals surface area contributed by atoms with Crippen LogP contribution in [-0.4, -0.2) is 17.4 Å². The normalized spacial score (nSPS) is 52.5. The summed E-state index contributed by atoms with van der Waals surface area (Å²) in [7, 11) is 0. The third-order valence-corrected chi connectivity index (χ3v) is 13.1. The second-order valence-electron chi connectivity index (χ2n) is 14.1. The van der Waals surface area contributed by atoms with Crippen LogP contribution in [0.3, 0.4) is 0 Å². The number of rotatable bonds is 2. The van der Waals surface area contributed by atoms with Crippen LogP contribution >= 0.6 is 0 Å². The highest BCUT2D eigenvalue weighted by Crippen LogP contribution is 2.76. The summed E-state index contributed by atoms with van der Waals surface area (Å²) < 4.78 is 0. The summed E-state index contributed by atoms with van der Waals surface area (Å²) >= 11 is 0. The Bertz CT molecular complexity index is 926. The lowest BCUT2D eigenvalue weighted by Gasteiger charge is -2.71. The maximum atomic E-state index is 12.9. The van der Waals surface area contributed by atoms with Gasteiger partial charge in [-0.15, -0.1) is 0 Å². The Hall–Kier alpha value is -1.21. The van der Waals surface area contributed by atoms with Crippen LogP contribution in [0.5, 0.6) is 0 Å². The molecule has 0 aromatic rings. The van der Waals surface area contributed by atoms with Crippen molar-refractivity contribution in [3.63, 3.8) is 0 Å². The van der Waals surface area contributed by atoms with E-state index >= 15 is 0 Å². The van der Waals surface area contributed by atoms with E-state index < -0.39 is 5.54 Å². The van der Waals surface area contributed by atoms with Gasteiger partial charge in [0.15, 0.2) is 0 Å². The van der Waals surface area contributed by atoms with Gasteiger partial charge in [-0.2, -0.15) is 4.99 Å². The van der Waals surface area contributed by atoms with Crippen molar-refractivity contribution in [3.8, 4) is 0 Å². The van der Waals surface area contributed by atoms with Gasteiger partial charge in [0.05, 0.1) is 5.54 Å². The first kappa shape index (κ1) is 23.5. The average molecular weight is 452 g/mol. The summed E-state index contributed by atoms with van der Waals surface area (Å²) in [6.07, 6.45) is 13.4. The number of aliphatic imine (C=N–C) groups is 1. The summed E-state index contributed by atoms with van der Waals surface area (Å²) in [5.74, 6) is 3.34. The molecule has 5 rings (SSSR count). The molecule has 0 saturated heterocycles. The van der Waals surface area contributed by atoms with E-state index in [1.165, 1.54) is 44.9 Å². The summed E-state index contributed by atoms with van der Waals surface area (Å²) in [6.45, 7) is 18.7. The molecule has 9 atom stereocenters. The van der Waals surface area contributed by atoms with Crippen molar-refractivity contribution in [2.24, 2.45) is 56.2 Å². The van der Waals surface area contributed by atoms with Crippen molar-refractivity contribution in [3.05, 3.63) is 12.2 Å². The topological polar surface area (TPSA) is 46.5 Å². The van der Waals surface area contributed by atoms with E-state index in [4.69, 9.17) is 0 Å². The molecule has 3 heteroatoms. The van der Waals surface area contributed by atoms with Gasteiger partial charge < -0.3 is 0 Å². The number of Topliss-reactive ketones (excluding diaryl/α,β-unsaturated/α-hetero) is 1. The lowest BCUT2D eigenvalue weighted by molar-refractivity contribution is -0.226. The second kappa shape index (κ2) is 7.16. The zero-order valence-electron chi connectivity index (χ0n) is 21.9. The summed E-state index contributed by atoms with van der Waals surface area (Å²) in [5.41, 5.74) is 1.25. The van der Waals surface area contributed by atoms with Crippen LogP contribution < -0.4 is 0 Å². The zero-order valence-corrected chi connectivity index (χ0v) is 21.9. The molecule has 0 aliphatic heterocycles. The quantitative estimate of drug-likeness (QED) is 0.251. The highest BCUT2D eigenvalue weighted by Gasteiger charge is 2.70. The van der Waals surface area contributed by atoms with E-state index in [1.807, 2.05) is 6.08 Å². The first-order valence-corrected chi connectivity index (χ1v) is 13.7. The monoisotopic (exact) mass is 451 g/mol. The number of hydrogen-bond acceptors (Lipinski definition) is 3. The summed E-state index contributed by atoms with van der Waals surface area (Å²) in [5, 5.41) is 0. The van der Waals surface area contributed by atoms with Gasteiger partial charge in [-0.1, -0.05) is 46.8 Å². The van der Waals surface area contributed by atoms with E-state index in [9.17, 15) is 9.59 Å². The molecular formula is C30H45NO2. The molecule has 0 aromatic heterocycles. The first-order chi connectivity index (χ1) is 15.4. The lowest BCUT2D eigenvalue weighted by atomic mass is 9.33. The molecule has 0 aromatic carbocycles. The molecule has 5 aliphatic carbocycles. The maximum absolute atomic E-state index is 12.9. The van der Waals surface area contributed by atoms with Crippen LogP contribution in [0.25, 0.3) is 0 Å². The minimum Gasteiger partial charge on any atom is -0.299 e. The number of isocyanates is 1. The molecule has 5 aliphatic rings. The van der Waals surface area contributed by atoms with Crippen LogP contribution in [0.2, 0.25) is 0 Å². The third kappa shape index (κ3) is 2.72. The van der Waals surface area contributed by atoms with E-state index in [2.05, 4.69) is 53.1 Å². The smallest absolute Gasteiger partial charge is 0.235 e. The summed E-state index contributed by atoms with van der Waals surface area (Å²) in [6, 6.07) is 0. The van der Waals surface area contributed by atoms with E-state index in [-0.39, 0.29) is 21.7 Å². The van der Waals surface area contributed by atoms with Gasteiger partial charge in [0, 0.05) is 11.8 Å². The van der Waals surface area contributed by atoms with Crippen molar-refractivity contribution in [2.75, 3.05) is 0 Å². The Morgan fingerprint density at radius 3 is 2.24 bits per heavy atom. The predicted octanol–water partition coefficient (Wildman–Crippen LogP) is 7.30. The molecule has 3 nitrogen and oxygen atoms in total. The SMILES string of the molecule is C=C(C)C1(N=C=O)CCC2CCC3(C)C(CCC4C5(C)CCC(=O)C(C)(C)C5CCC43C)C21. The number of fused-ring (bicyclic) bond motifs is 7. The van der Waals surface area contributed by atoms with Gasteiger partial charge >= 0.3 is 0 Å². The summed E-state index contributed by atoms with van der Waals surface area (Å²) in [4.78, 5) is 29.1. The maximum Gasteiger partial charge on any atom is 0.235 e. The van der Waals surface area contributed by atoms with E-state index in [0.29, 0.717) is 35.4 Å². The molecular weight excluding hydrogens is 406 g/mol. The molecule has 0 heterocycles. The van der Waals surface area contributed by atoms with Gasteiger partial charge in [0.2, 0.25) is 6.08 Å². The van der Waals surface area contributed by atoms with Crippen molar-refractivity contribution < 1.29 is 9.59 Å². The van der Waals surface area contributed by atoms with Crippen molar-refractivity contribution in [2.45, 2.75) is 111 Å². The molecule has 0 spiro atoms. The Balaban J connectivity index is 1.57. The molecule has 5 fully saturated rings. The van der Waals surface area contributed by atoms with Crippen LogP contribution in [0.1, 0.15) is 106 Å². The Morgan fingerprint density at radius 2 is 1.58 bits per heavy atom. The molecule has 0 N–H and O–H groups in total. The van der Waals surface area contributed by atoms with E-state index in [1.54, 1.807) is 0 Å². The highest BCUT2D eigenvalue weighted by molar-refractivity contribution is 5.85. The molecule has 0 amide bonds. The van der Waals surface area contributed by atoms with Crippen molar-refractivity contribution in [1.29, 1.82) is 0 Å². The second-order valence-corrected chi connectivity index (χ2v) is 14.1. The van der Waals surface area contributed by atoms with Gasteiger partial charge in [-0.25, -0.2) is 4.79 Å². The first-order valence-electron chi connectivity index (χ1n) is 13.7. The molecule has 9 unspecified atom stereocenters. The van der Waals surface area contributed by atoms with Gasteiger partial charge in [0.25, 0.3) is 0 Å². The fourth-order valence-corrected chi connectivity index (χ4v) is 11.2. The van der Waals surface area contributed by atoms with Gasteiger partial charge in [-0.05, 0) is 111 Å². The average Bonchev–Trinajstić information content (AvgIpc) is 3.12. The molecule has 33 heavy (non-hydrogen) atoms. The number of carbonyl (C=O) groups excluding carboxylic acids is 2. The number of carbonyl (C=O) groups is 1. The number of hydrogen-bond donors (Lipinski definition) is 0. The predicted molar refractivity (Wildman–Crippen MR) is 132 cm³/mol. The highest BCUT2D eigenvalue weighted by atomic mass is 16.1. The standard InChI is InChI=1S/C30H45NO2/c1-19(2)30(31-18-32)17-11-20-10-15-28(6)21(25(20)30)8-9-23-27(5)14-13-24(33)26(3,4)22(27)12-16-29(23,28)7/h20-23,25H,1,8-17H2,2-7H3. The minimum atomic E-state index is -0.400. The third-order valence-electron chi connectivity index (χ3n) is 13.1. The van der Waals surface area contributed by atoms with Crippen LogP contribution in [0, 0.1) is 51.2 Å².